The minimum Gasteiger partial charge on any atom is -0.480 e. The Morgan fingerprint density at radius 1 is 1.13 bits per heavy atom. The number of carbonyl (C=O) groups is 3. The molecule has 1 aromatic carbocycles. The van der Waals surface area contributed by atoms with Gasteiger partial charge in [0.05, 0.1) is 36.6 Å². The number of carbonyl (C=O) groups excluding carboxylic acids is 3. The monoisotopic (exact) mass is 519 g/mol. The maximum atomic E-state index is 13.4. The number of methoxy groups -OCH3 is 1. The summed E-state index contributed by atoms with van der Waals surface area (Å²) in [6, 6.07) is 7.56. The topological polar surface area (TPSA) is 136 Å². The Hall–Kier alpha value is -3.99. The number of hydrogen-bond acceptors (Lipinski definition) is 7. The normalized spacial score (nSPS) is 22.0. The van der Waals surface area contributed by atoms with Crippen LogP contribution in [0.1, 0.15) is 54.2 Å². The van der Waals surface area contributed by atoms with Gasteiger partial charge in [0.15, 0.2) is 0 Å². The number of amides is 3. The summed E-state index contributed by atoms with van der Waals surface area (Å²) in [6.07, 6.45) is 6.18. The lowest BCUT2D eigenvalue weighted by atomic mass is 9.89. The summed E-state index contributed by atoms with van der Waals surface area (Å²) in [7, 11) is 3.48. The van der Waals surface area contributed by atoms with Gasteiger partial charge in [0.25, 0.3) is 5.91 Å². The molecule has 11 heteroatoms. The maximum Gasteiger partial charge on any atom is 0.313 e. The Morgan fingerprint density at radius 3 is 2.66 bits per heavy atom. The van der Waals surface area contributed by atoms with Gasteiger partial charge in [0.1, 0.15) is 5.56 Å². The molecule has 200 valence electrons. The van der Waals surface area contributed by atoms with Gasteiger partial charge in [-0.05, 0) is 62.5 Å². The molecular formula is C27H33N7O4. The molecule has 0 radical (unpaired) electrons. The molecule has 0 aliphatic carbocycles. The molecule has 3 amide bonds. The number of benzene rings is 1. The smallest absolute Gasteiger partial charge is 0.313 e. The van der Waals surface area contributed by atoms with Crippen molar-refractivity contribution >= 4 is 34.3 Å². The molecule has 2 aromatic heterocycles. The first-order valence-corrected chi connectivity index (χ1v) is 12.9. The van der Waals surface area contributed by atoms with E-state index in [-0.39, 0.29) is 29.1 Å². The SMILES string of the molecule is COc1ncc(NC(=O)C(=O)N2C[C@@H](C)CC[C@@H]2c2ccc3nn(C4CCN(C)C4)cc3c2)cc1C(N)=O. The van der Waals surface area contributed by atoms with Crippen molar-refractivity contribution in [1.29, 1.82) is 0 Å². The first-order valence-electron chi connectivity index (χ1n) is 12.9. The summed E-state index contributed by atoms with van der Waals surface area (Å²) in [5.74, 6) is -1.88. The van der Waals surface area contributed by atoms with Crippen molar-refractivity contribution in [1.82, 2.24) is 24.6 Å². The predicted molar refractivity (Wildman–Crippen MR) is 142 cm³/mol. The summed E-state index contributed by atoms with van der Waals surface area (Å²) in [6.45, 7) is 4.58. The molecule has 0 bridgehead atoms. The Morgan fingerprint density at radius 2 is 1.95 bits per heavy atom. The molecule has 4 heterocycles. The third-order valence-corrected chi connectivity index (χ3v) is 7.51. The van der Waals surface area contributed by atoms with Gasteiger partial charge < -0.3 is 25.6 Å². The second-order valence-corrected chi connectivity index (χ2v) is 10.4. The van der Waals surface area contributed by atoms with Gasteiger partial charge in [-0.2, -0.15) is 5.10 Å². The van der Waals surface area contributed by atoms with Gasteiger partial charge >= 0.3 is 11.8 Å². The molecule has 0 saturated carbocycles. The van der Waals surface area contributed by atoms with E-state index in [1.165, 1.54) is 19.4 Å². The van der Waals surface area contributed by atoms with Gasteiger partial charge in [-0.3, -0.25) is 19.1 Å². The Bertz CT molecular complexity index is 1390. The van der Waals surface area contributed by atoms with Gasteiger partial charge in [-0.15, -0.1) is 0 Å². The Kier molecular flexibility index (Phi) is 7.02. The van der Waals surface area contributed by atoms with E-state index in [2.05, 4.69) is 46.1 Å². The van der Waals surface area contributed by atoms with Crippen molar-refractivity contribution < 1.29 is 19.1 Å². The highest BCUT2D eigenvalue weighted by molar-refractivity contribution is 6.39. The van der Waals surface area contributed by atoms with Crippen molar-refractivity contribution in [2.24, 2.45) is 11.7 Å². The molecule has 1 unspecified atom stereocenters. The molecule has 2 aliphatic rings. The van der Waals surface area contributed by atoms with E-state index in [4.69, 9.17) is 15.6 Å². The average Bonchev–Trinajstić information content (AvgIpc) is 3.53. The number of nitrogens with zero attached hydrogens (tertiary/aromatic N) is 5. The van der Waals surface area contributed by atoms with Crippen LogP contribution in [0.25, 0.3) is 10.9 Å². The van der Waals surface area contributed by atoms with Crippen LogP contribution >= 0.6 is 0 Å². The zero-order valence-electron chi connectivity index (χ0n) is 21.9. The maximum absolute atomic E-state index is 13.4. The number of hydrogen-bond donors (Lipinski definition) is 2. The Labute approximate surface area is 220 Å². The van der Waals surface area contributed by atoms with Crippen LogP contribution in [0.2, 0.25) is 0 Å². The molecule has 3 aromatic rings. The highest BCUT2D eigenvalue weighted by Gasteiger charge is 2.34. The lowest BCUT2D eigenvalue weighted by Crippen LogP contribution is -2.46. The average molecular weight is 520 g/mol. The summed E-state index contributed by atoms with van der Waals surface area (Å²) in [4.78, 5) is 46.1. The number of piperidine rings is 1. The zero-order chi connectivity index (χ0) is 27.0. The number of nitrogens with one attached hydrogen (secondary N) is 1. The summed E-state index contributed by atoms with van der Waals surface area (Å²) >= 11 is 0. The Balaban J connectivity index is 1.37. The molecule has 3 N–H and O–H groups in total. The van der Waals surface area contributed by atoms with Crippen molar-refractivity contribution in [3.8, 4) is 5.88 Å². The fraction of sp³-hybridized carbons (Fsp3) is 0.444. The van der Waals surface area contributed by atoms with Crippen LogP contribution < -0.4 is 15.8 Å². The molecule has 2 aliphatic heterocycles. The number of pyridine rings is 1. The van der Waals surface area contributed by atoms with E-state index in [1.807, 2.05) is 12.1 Å². The van der Waals surface area contributed by atoms with Crippen LogP contribution in [0.4, 0.5) is 5.69 Å². The van der Waals surface area contributed by atoms with E-state index >= 15 is 0 Å². The number of ether oxygens (including phenoxy) is 1. The lowest BCUT2D eigenvalue weighted by Gasteiger charge is -2.38. The van der Waals surface area contributed by atoms with E-state index < -0.39 is 17.7 Å². The molecule has 11 nitrogen and oxygen atoms in total. The summed E-state index contributed by atoms with van der Waals surface area (Å²) < 4.78 is 7.10. The molecule has 5 rings (SSSR count). The third-order valence-electron chi connectivity index (χ3n) is 7.51. The predicted octanol–water partition coefficient (Wildman–Crippen LogP) is 2.35. The fourth-order valence-electron chi connectivity index (χ4n) is 5.48. The van der Waals surface area contributed by atoms with Crippen LogP contribution in [0, 0.1) is 5.92 Å². The number of likely N-dealkylation sites (N-methyl/N-ethyl adjacent to an activating group) is 1. The minimum absolute atomic E-state index is 0.0142. The second kappa shape index (κ2) is 10.4. The van der Waals surface area contributed by atoms with E-state index in [9.17, 15) is 14.4 Å². The van der Waals surface area contributed by atoms with E-state index in [1.54, 1.807) is 4.90 Å². The second-order valence-electron chi connectivity index (χ2n) is 10.4. The van der Waals surface area contributed by atoms with Crippen LogP contribution in [0.5, 0.6) is 5.88 Å². The molecular weight excluding hydrogens is 486 g/mol. The van der Waals surface area contributed by atoms with Gasteiger partial charge in [-0.25, -0.2) is 4.98 Å². The first kappa shape index (κ1) is 25.7. The number of fused-ring (bicyclic) bond motifs is 1. The lowest BCUT2D eigenvalue weighted by molar-refractivity contribution is -0.146. The van der Waals surface area contributed by atoms with Gasteiger partial charge in [-0.1, -0.05) is 13.0 Å². The first-order chi connectivity index (χ1) is 18.2. The molecule has 3 atom stereocenters. The standard InChI is InChI=1S/C27H33N7O4/c1-16-4-7-23(17-5-6-22-18(10-17)14-34(31-22)20-8-9-32(2)15-20)33(13-16)27(37)25(36)30-19-11-21(24(28)35)26(38-3)29-12-19/h5-6,10-12,14,16,20,23H,4,7-9,13,15H2,1-3H3,(H2,28,35)(H,30,36)/t16-,20?,23+/m0/s1. The number of aromatic nitrogens is 3. The van der Waals surface area contributed by atoms with Crippen LogP contribution in [0.3, 0.4) is 0 Å². The largest absolute Gasteiger partial charge is 0.480 e. The number of anilines is 1. The minimum atomic E-state index is -0.800. The van der Waals surface area contributed by atoms with Crippen molar-refractivity contribution in [2.75, 3.05) is 39.1 Å². The van der Waals surface area contributed by atoms with Gasteiger partial charge in [0.2, 0.25) is 5.88 Å². The molecule has 0 spiro atoms. The van der Waals surface area contributed by atoms with E-state index in [0.29, 0.717) is 12.6 Å². The van der Waals surface area contributed by atoms with Crippen molar-refractivity contribution in [2.45, 2.75) is 38.3 Å². The number of rotatable bonds is 5. The number of primary amides is 1. The number of likely N-dealkylation sites (tertiary alicyclic amines) is 2. The molecule has 2 saturated heterocycles. The quantitative estimate of drug-likeness (QED) is 0.494. The zero-order valence-corrected chi connectivity index (χ0v) is 21.9. The van der Waals surface area contributed by atoms with Crippen LogP contribution in [-0.4, -0.2) is 76.1 Å². The highest BCUT2D eigenvalue weighted by atomic mass is 16.5. The van der Waals surface area contributed by atoms with Gasteiger partial charge in [0, 0.05) is 24.7 Å². The van der Waals surface area contributed by atoms with Crippen molar-refractivity contribution in [3.63, 3.8) is 0 Å². The molecule has 38 heavy (non-hydrogen) atoms. The van der Waals surface area contributed by atoms with Crippen molar-refractivity contribution in [3.05, 3.63) is 47.8 Å². The fourth-order valence-corrected chi connectivity index (χ4v) is 5.48. The third kappa shape index (κ3) is 5.06. The summed E-state index contributed by atoms with van der Waals surface area (Å²) in [5.41, 5.74) is 7.49. The van der Waals surface area contributed by atoms with Crippen LogP contribution in [0.15, 0.2) is 36.7 Å². The highest BCUT2D eigenvalue weighted by Crippen LogP contribution is 2.35. The molecule has 2 fully saturated rings. The summed E-state index contributed by atoms with van der Waals surface area (Å²) in [5, 5.41) is 8.38. The van der Waals surface area contributed by atoms with Crippen LogP contribution in [-0.2, 0) is 9.59 Å². The number of nitrogens with two attached hydrogens (primary N) is 1. The van der Waals surface area contributed by atoms with E-state index in [0.717, 1.165) is 48.8 Å².